The van der Waals surface area contributed by atoms with E-state index in [1.807, 2.05) is 25.1 Å². The first kappa shape index (κ1) is 18.2. The van der Waals surface area contributed by atoms with Crippen LogP contribution in [0.2, 0.25) is 0 Å². The molecule has 1 aromatic heterocycles. The van der Waals surface area contributed by atoms with Crippen molar-refractivity contribution in [2.75, 3.05) is 13.2 Å². The summed E-state index contributed by atoms with van der Waals surface area (Å²) in [5, 5.41) is 0.818. The van der Waals surface area contributed by atoms with E-state index in [1.165, 1.54) is 12.1 Å². The van der Waals surface area contributed by atoms with E-state index in [-0.39, 0.29) is 18.1 Å². The van der Waals surface area contributed by atoms with Crippen LogP contribution < -0.4 is 9.47 Å². The van der Waals surface area contributed by atoms with E-state index in [2.05, 4.69) is 20.9 Å². The summed E-state index contributed by atoms with van der Waals surface area (Å²) >= 11 is 3.28. The highest BCUT2D eigenvalue weighted by Crippen LogP contribution is 2.38. The first-order valence-electron chi connectivity index (χ1n) is 8.27. The van der Waals surface area contributed by atoms with E-state index in [4.69, 9.17) is 13.7 Å². The quantitative estimate of drug-likeness (QED) is 0.563. The first-order chi connectivity index (χ1) is 12.9. The molecule has 0 aliphatic carbocycles. The second-order valence-corrected chi connectivity index (χ2v) is 8.69. The van der Waals surface area contributed by atoms with E-state index in [0.717, 1.165) is 21.1 Å². The average Bonchev–Trinajstić information content (AvgIpc) is 2.66. The zero-order valence-electron chi connectivity index (χ0n) is 14.4. The number of halogens is 1. The third-order valence-electron chi connectivity index (χ3n) is 4.15. The lowest BCUT2D eigenvalue weighted by Gasteiger charge is -2.27. The molecule has 0 bridgehead atoms. The summed E-state index contributed by atoms with van der Waals surface area (Å²) in [5.74, 6) is 1.17. The number of nitrogens with zero attached hydrogens (tertiary/aromatic N) is 1. The molecule has 1 unspecified atom stereocenters. The fourth-order valence-corrected chi connectivity index (χ4v) is 4.00. The van der Waals surface area contributed by atoms with Crippen molar-refractivity contribution in [3.63, 3.8) is 0 Å². The van der Waals surface area contributed by atoms with Crippen molar-refractivity contribution in [2.24, 2.45) is 0 Å². The van der Waals surface area contributed by atoms with E-state index in [9.17, 15) is 8.42 Å². The average molecular weight is 450 g/mol. The highest BCUT2D eigenvalue weighted by Gasteiger charge is 2.26. The van der Waals surface area contributed by atoms with E-state index >= 15 is 0 Å². The van der Waals surface area contributed by atoms with Crippen LogP contribution in [0.4, 0.5) is 0 Å². The monoisotopic (exact) mass is 449 g/mol. The van der Waals surface area contributed by atoms with Crippen molar-refractivity contribution in [1.29, 1.82) is 0 Å². The lowest BCUT2D eigenvalue weighted by atomic mass is 10.1. The fraction of sp³-hybridized carbons (Fsp3) is 0.211. The summed E-state index contributed by atoms with van der Waals surface area (Å²) in [4.78, 5) is 4.56. The molecule has 140 valence electrons. The molecular formula is C19H16BrNO5S. The van der Waals surface area contributed by atoms with Crippen molar-refractivity contribution in [1.82, 2.24) is 4.98 Å². The molecular weight excluding hydrogens is 434 g/mol. The zero-order chi connectivity index (χ0) is 19.0. The first-order valence-corrected chi connectivity index (χ1v) is 10.5. The molecule has 0 N–H and O–H groups in total. The molecule has 6 nitrogen and oxygen atoms in total. The van der Waals surface area contributed by atoms with Crippen molar-refractivity contribution >= 4 is 37.0 Å². The lowest BCUT2D eigenvalue weighted by Crippen LogP contribution is -2.34. The number of aryl methyl sites for hydroxylation is 1. The Balaban J connectivity index is 1.52. The third kappa shape index (κ3) is 3.78. The molecule has 8 heteroatoms. The number of pyridine rings is 1. The van der Waals surface area contributed by atoms with Gasteiger partial charge in [-0.15, -0.1) is 0 Å². The van der Waals surface area contributed by atoms with Gasteiger partial charge in [-0.25, -0.2) is 0 Å². The van der Waals surface area contributed by atoms with Gasteiger partial charge in [0.15, 0.2) is 17.6 Å². The van der Waals surface area contributed by atoms with Crippen molar-refractivity contribution in [2.45, 2.75) is 17.9 Å². The van der Waals surface area contributed by atoms with Gasteiger partial charge in [-0.1, -0.05) is 15.9 Å². The minimum atomic E-state index is -3.87. The van der Waals surface area contributed by atoms with Crippen LogP contribution in [0.5, 0.6) is 11.5 Å². The molecule has 0 spiro atoms. The summed E-state index contributed by atoms with van der Waals surface area (Å²) in [6.45, 7) is 1.97. The molecule has 1 aliphatic rings. The Morgan fingerprint density at radius 3 is 2.70 bits per heavy atom. The van der Waals surface area contributed by atoms with Gasteiger partial charge >= 0.3 is 0 Å². The standard InChI is InChI=1S/C19H16BrNO5S/c1-12-2-7-16-17(21-12)8-9-18-19(16)26-14(10-24-18)11-25-27(22,23)15-5-3-13(20)4-6-15/h2-9,14H,10-11H2,1H3. The lowest BCUT2D eigenvalue weighted by molar-refractivity contribution is 0.0571. The van der Waals surface area contributed by atoms with Gasteiger partial charge in [-0.05, 0) is 55.5 Å². The molecule has 4 rings (SSSR count). The maximum atomic E-state index is 12.3. The van der Waals surface area contributed by atoms with Gasteiger partial charge in [0.2, 0.25) is 0 Å². The minimum Gasteiger partial charge on any atom is -0.486 e. The van der Waals surface area contributed by atoms with Crippen molar-refractivity contribution in [3.8, 4) is 11.5 Å². The second-order valence-electron chi connectivity index (χ2n) is 6.16. The molecule has 2 heterocycles. The normalized spacial score (nSPS) is 16.4. The Labute approximate surface area is 165 Å². The van der Waals surface area contributed by atoms with Crippen LogP contribution in [-0.2, 0) is 14.3 Å². The SMILES string of the molecule is Cc1ccc2c3c(ccc2n1)OCC(COS(=O)(=O)c1ccc(Br)cc1)O3. The number of hydrogen-bond donors (Lipinski definition) is 0. The zero-order valence-corrected chi connectivity index (χ0v) is 16.8. The number of ether oxygens (including phenoxy) is 2. The number of fused-ring (bicyclic) bond motifs is 3. The van der Waals surface area contributed by atoms with Gasteiger partial charge < -0.3 is 9.47 Å². The second kappa shape index (κ2) is 7.10. The van der Waals surface area contributed by atoms with E-state index in [1.54, 1.807) is 18.2 Å². The van der Waals surface area contributed by atoms with E-state index < -0.39 is 16.2 Å². The third-order valence-corrected chi connectivity index (χ3v) is 5.97. The fourth-order valence-electron chi connectivity index (χ4n) is 2.79. The highest BCUT2D eigenvalue weighted by atomic mass is 79.9. The van der Waals surface area contributed by atoms with E-state index in [0.29, 0.717) is 11.5 Å². The number of aromatic nitrogens is 1. The van der Waals surface area contributed by atoms with Gasteiger partial charge in [0.25, 0.3) is 10.1 Å². The van der Waals surface area contributed by atoms with Gasteiger partial charge in [0.1, 0.15) is 13.2 Å². The predicted molar refractivity (Wildman–Crippen MR) is 104 cm³/mol. The summed E-state index contributed by atoms with van der Waals surface area (Å²) in [6, 6.07) is 13.7. The summed E-state index contributed by atoms with van der Waals surface area (Å²) in [5.41, 5.74) is 1.70. The molecule has 0 saturated carbocycles. The number of benzene rings is 2. The topological polar surface area (TPSA) is 74.7 Å². The molecule has 0 amide bonds. The van der Waals surface area contributed by atoms with Gasteiger partial charge in [-0.3, -0.25) is 9.17 Å². The summed E-state index contributed by atoms with van der Waals surface area (Å²) in [6.07, 6.45) is -0.547. The molecule has 27 heavy (non-hydrogen) atoms. The molecule has 3 aromatic rings. The van der Waals surface area contributed by atoms with Crippen LogP contribution in [0.3, 0.4) is 0 Å². The maximum Gasteiger partial charge on any atom is 0.297 e. The van der Waals surface area contributed by atoms with Crippen molar-refractivity contribution in [3.05, 3.63) is 58.7 Å². The Morgan fingerprint density at radius 2 is 1.93 bits per heavy atom. The highest BCUT2D eigenvalue weighted by molar-refractivity contribution is 9.10. The maximum absolute atomic E-state index is 12.3. The van der Waals surface area contributed by atoms with Crippen LogP contribution >= 0.6 is 15.9 Å². The smallest absolute Gasteiger partial charge is 0.297 e. The minimum absolute atomic E-state index is 0.0907. The Kier molecular flexibility index (Phi) is 4.79. The van der Waals surface area contributed by atoms with Gasteiger partial charge in [-0.2, -0.15) is 8.42 Å². The molecule has 0 fully saturated rings. The van der Waals surface area contributed by atoms with Crippen LogP contribution in [0.1, 0.15) is 5.69 Å². The number of rotatable bonds is 4. The summed E-state index contributed by atoms with van der Waals surface area (Å²) < 4.78 is 42.3. The van der Waals surface area contributed by atoms with Gasteiger partial charge in [0, 0.05) is 15.6 Å². The number of hydrogen-bond acceptors (Lipinski definition) is 6. The Hall–Kier alpha value is -2.16. The Morgan fingerprint density at radius 1 is 1.15 bits per heavy atom. The van der Waals surface area contributed by atoms with Crippen LogP contribution in [0.25, 0.3) is 10.9 Å². The summed E-state index contributed by atoms with van der Waals surface area (Å²) in [7, 11) is -3.87. The molecule has 1 aliphatic heterocycles. The molecule has 0 saturated heterocycles. The largest absolute Gasteiger partial charge is 0.486 e. The predicted octanol–water partition coefficient (Wildman–Crippen LogP) is 3.85. The van der Waals surface area contributed by atoms with Crippen LogP contribution in [0, 0.1) is 6.92 Å². The van der Waals surface area contributed by atoms with Crippen molar-refractivity contribution < 1.29 is 22.1 Å². The van der Waals surface area contributed by atoms with Crippen LogP contribution in [0.15, 0.2) is 57.9 Å². The van der Waals surface area contributed by atoms with Gasteiger partial charge in [0.05, 0.1) is 10.4 Å². The molecule has 0 radical (unpaired) electrons. The molecule has 2 aromatic carbocycles. The Bertz CT molecular complexity index is 1100. The molecule has 1 atom stereocenters. The van der Waals surface area contributed by atoms with Crippen LogP contribution in [-0.4, -0.2) is 32.7 Å².